The number of aryl methyl sites for hydroxylation is 1. The molecular weight excluding hydrogens is 276 g/mol. The number of hydrogen-bond acceptors (Lipinski definition) is 4. The summed E-state index contributed by atoms with van der Waals surface area (Å²) in [4.78, 5) is 0.376. The largest absolute Gasteiger partial charge is 0.497 e. The van der Waals surface area contributed by atoms with Gasteiger partial charge in [-0.1, -0.05) is 0 Å². The molecule has 0 spiro atoms. The molecule has 1 aromatic carbocycles. The summed E-state index contributed by atoms with van der Waals surface area (Å²) < 4.78 is 32.3. The van der Waals surface area contributed by atoms with Crippen LogP contribution in [-0.4, -0.2) is 46.0 Å². The summed E-state index contributed by atoms with van der Waals surface area (Å²) in [5.41, 5.74) is 0.722. The second-order valence-corrected chi connectivity index (χ2v) is 6.96. The maximum absolute atomic E-state index is 12.8. The number of hydrogen-bond donors (Lipinski definition) is 1. The van der Waals surface area contributed by atoms with Crippen molar-refractivity contribution in [3.63, 3.8) is 0 Å². The molecule has 1 saturated heterocycles. The predicted octanol–water partition coefficient (Wildman–Crippen LogP) is 1.38. The summed E-state index contributed by atoms with van der Waals surface area (Å²) in [6, 6.07) is 5.14. The van der Waals surface area contributed by atoms with Gasteiger partial charge in [0, 0.05) is 19.1 Å². The lowest BCUT2D eigenvalue weighted by Crippen LogP contribution is -2.40. The van der Waals surface area contributed by atoms with E-state index in [1.165, 1.54) is 0 Å². The van der Waals surface area contributed by atoms with Gasteiger partial charge in [0.1, 0.15) is 5.75 Å². The number of methoxy groups -OCH3 is 1. The van der Waals surface area contributed by atoms with Gasteiger partial charge in [-0.05, 0) is 50.6 Å². The third-order valence-electron chi connectivity index (χ3n) is 3.73. The second-order valence-electron chi connectivity index (χ2n) is 5.10. The highest BCUT2D eigenvalue weighted by molar-refractivity contribution is 7.89. The van der Waals surface area contributed by atoms with Crippen LogP contribution in [0.5, 0.6) is 5.75 Å². The topological polar surface area (TPSA) is 58.6 Å². The number of nitrogens with zero attached hydrogens (tertiary/aromatic N) is 1. The summed E-state index contributed by atoms with van der Waals surface area (Å²) in [5, 5.41) is 3.07. The quantitative estimate of drug-likeness (QED) is 0.892. The van der Waals surface area contributed by atoms with E-state index < -0.39 is 10.0 Å². The highest BCUT2D eigenvalue weighted by Crippen LogP contribution is 2.29. The molecule has 1 aromatic rings. The SMILES string of the molecule is CNC[C@@H]1CCCN1S(=O)(=O)c1ccc(OC)cc1C. The first-order chi connectivity index (χ1) is 9.50. The van der Waals surface area contributed by atoms with E-state index in [9.17, 15) is 8.42 Å². The van der Waals surface area contributed by atoms with Crippen LogP contribution in [0.3, 0.4) is 0 Å². The predicted molar refractivity (Wildman–Crippen MR) is 78.6 cm³/mol. The summed E-state index contributed by atoms with van der Waals surface area (Å²) >= 11 is 0. The average Bonchev–Trinajstić information content (AvgIpc) is 2.87. The first-order valence-corrected chi connectivity index (χ1v) is 8.25. The molecule has 0 saturated carbocycles. The van der Waals surface area contributed by atoms with Crippen molar-refractivity contribution >= 4 is 10.0 Å². The van der Waals surface area contributed by atoms with E-state index in [0.717, 1.165) is 18.4 Å². The lowest BCUT2D eigenvalue weighted by Gasteiger charge is -2.24. The van der Waals surface area contributed by atoms with Gasteiger partial charge in [0.05, 0.1) is 12.0 Å². The van der Waals surface area contributed by atoms with Crippen LogP contribution in [0, 0.1) is 6.92 Å². The van der Waals surface area contributed by atoms with Crippen molar-refractivity contribution in [3.8, 4) is 5.75 Å². The molecule has 0 aliphatic carbocycles. The van der Waals surface area contributed by atoms with Crippen molar-refractivity contribution in [3.05, 3.63) is 23.8 Å². The first kappa shape index (κ1) is 15.3. The Morgan fingerprint density at radius 3 is 2.80 bits per heavy atom. The Labute approximate surface area is 121 Å². The zero-order valence-electron chi connectivity index (χ0n) is 12.2. The minimum Gasteiger partial charge on any atom is -0.497 e. The highest BCUT2D eigenvalue weighted by Gasteiger charge is 2.35. The molecule has 112 valence electrons. The fourth-order valence-electron chi connectivity index (χ4n) is 2.73. The van der Waals surface area contributed by atoms with Crippen LogP contribution in [0.1, 0.15) is 18.4 Å². The molecule has 1 fully saturated rings. The molecule has 2 rings (SSSR count). The molecular formula is C14H22N2O3S. The first-order valence-electron chi connectivity index (χ1n) is 6.81. The van der Waals surface area contributed by atoms with Crippen LogP contribution in [-0.2, 0) is 10.0 Å². The van der Waals surface area contributed by atoms with Crippen molar-refractivity contribution in [2.45, 2.75) is 30.7 Å². The van der Waals surface area contributed by atoms with Crippen LogP contribution in [0.25, 0.3) is 0 Å². The molecule has 1 heterocycles. The third kappa shape index (κ3) is 2.82. The van der Waals surface area contributed by atoms with Crippen LogP contribution < -0.4 is 10.1 Å². The highest BCUT2D eigenvalue weighted by atomic mass is 32.2. The Bertz CT molecular complexity index is 572. The number of likely N-dealkylation sites (N-methyl/N-ethyl adjacent to an activating group) is 1. The van der Waals surface area contributed by atoms with Gasteiger partial charge < -0.3 is 10.1 Å². The maximum atomic E-state index is 12.8. The number of rotatable bonds is 5. The van der Waals surface area contributed by atoms with Gasteiger partial charge in [-0.2, -0.15) is 4.31 Å². The summed E-state index contributed by atoms with van der Waals surface area (Å²) in [6.07, 6.45) is 1.83. The smallest absolute Gasteiger partial charge is 0.243 e. The van der Waals surface area contributed by atoms with Gasteiger partial charge in [0.25, 0.3) is 0 Å². The normalized spacial score (nSPS) is 20.2. The Balaban J connectivity index is 2.35. The zero-order valence-corrected chi connectivity index (χ0v) is 13.0. The molecule has 1 aliphatic heterocycles. The second kappa shape index (κ2) is 6.11. The van der Waals surface area contributed by atoms with E-state index in [1.54, 1.807) is 36.5 Å². The molecule has 0 radical (unpaired) electrons. The van der Waals surface area contributed by atoms with E-state index in [1.807, 2.05) is 7.05 Å². The van der Waals surface area contributed by atoms with Gasteiger partial charge in [0.2, 0.25) is 10.0 Å². The van der Waals surface area contributed by atoms with Crippen molar-refractivity contribution in [2.24, 2.45) is 0 Å². The molecule has 1 N–H and O–H groups in total. The van der Waals surface area contributed by atoms with E-state index in [4.69, 9.17) is 4.74 Å². The van der Waals surface area contributed by atoms with Gasteiger partial charge in [-0.15, -0.1) is 0 Å². The maximum Gasteiger partial charge on any atom is 0.243 e. The number of nitrogens with one attached hydrogen (secondary N) is 1. The Morgan fingerprint density at radius 2 is 2.20 bits per heavy atom. The summed E-state index contributed by atoms with van der Waals surface area (Å²) in [6.45, 7) is 3.09. The van der Waals surface area contributed by atoms with Crippen LogP contribution in [0.15, 0.2) is 23.1 Å². The molecule has 1 aliphatic rings. The molecule has 0 bridgehead atoms. The van der Waals surface area contributed by atoms with E-state index in [-0.39, 0.29) is 6.04 Å². The van der Waals surface area contributed by atoms with Gasteiger partial charge in [-0.3, -0.25) is 0 Å². The molecule has 5 nitrogen and oxygen atoms in total. The third-order valence-corrected chi connectivity index (χ3v) is 5.84. The average molecular weight is 298 g/mol. The number of benzene rings is 1. The summed E-state index contributed by atoms with van der Waals surface area (Å²) in [5.74, 6) is 0.676. The standard InChI is InChI=1S/C14H22N2O3S/c1-11-9-13(19-3)6-7-14(11)20(17,18)16-8-4-5-12(16)10-15-2/h6-7,9,12,15H,4-5,8,10H2,1-3H3/t12-/m0/s1. The van der Waals surface area contributed by atoms with Crippen molar-refractivity contribution < 1.29 is 13.2 Å². The Kier molecular flexibility index (Phi) is 4.67. The lowest BCUT2D eigenvalue weighted by atomic mass is 10.2. The Hall–Kier alpha value is -1.11. The summed E-state index contributed by atoms with van der Waals surface area (Å²) in [7, 11) is -0.00322. The van der Waals surface area contributed by atoms with Gasteiger partial charge in [-0.25, -0.2) is 8.42 Å². The minimum absolute atomic E-state index is 0.0477. The van der Waals surface area contributed by atoms with Crippen molar-refractivity contribution in [1.82, 2.24) is 9.62 Å². The Morgan fingerprint density at radius 1 is 1.45 bits per heavy atom. The number of ether oxygens (including phenoxy) is 1. The molecule has 20 heavy (non-hydrogen) atoms. The van der Waals surface area contributed by atoms with E-state index in [0.29, 0.717) is 23.7 Å². The molecule has 0 amide bonds. The molecule has 1 atom stereocenters. The van der Waals surface area contributed by atoms with E-state index in [2.05, 4.69) is 5.32 Å². The van der Waals surface area contributed by atoms with Crippen LogP contribution in [0.2, 0.25) is 0 Å². The fourth-order valence-corrected chi connectivity index (χ4v) is 4.63. The monoisotopic (exact) mass is 298 g/mol. The minimum atomic E-state index is -3.43. The van der Waals surface area contributed by atoms with Crippen LogP contribution >= 0.6 is 0 Å². The van der Waals surface area contributed by atoms with Crippen LogP contribution in [0.4, 0.5) is 0 Å². The number of sulfonamides is 1. The van der Waals surface area contributed by atoms with Gasteiger partial charge >= 0.3 is 0 Å². The lowest BCUT2D eigenvalue weighted by molar-refractivity contribution is 0.378. The van der Waals surface area contributed by atoms with Crippen molar-refractivity contribution in [1.29, 1.82) is 0 Å². The van der Waals surface area contributed by atoms with Crippen molar-refractivity contribution in [2.75, 3.05) is 27.2 Å². The van der Waals surface area contributed by atoms with Gasteiger partial charge in [0.15, 0.2) is 0 Å². The molecule has 0 aromatic heterocycles. The van der Waals surface area contributed by atoms with E-state index >= 15 is 0 Å². The molecule has 6 heteroatoms. The zero-order chi connectivity index (χ0) is 14.8. The molecule has 0 unspecified atom stereocenters. The fraction of sp³-hybridized carbons (Fsp3) is 0.571.